The van der Waals surface area contributed by atoms with E-state index in [2.05, 4.69) is 55.4 Å². The predicted octanol–water partition coefficient (Wildman–Crippen LogP) is 2.40. The molecule has 0 aromatic heterocycles. The summed E-state index contributed by atoms with van der Waals surface area (Å²) in [7, 11) is 4.24. The van der Waals surface area contributed by atoms with Crippen molar-refractivity contribution in [3.8, 4) is 0 Å². The highest BCUT2D eigenvalue weighted by molar-refractivity contribution is 5.37. The molecule has 0 N–H and O–H groups in total. The van der Waals surface area contributed by atoms with Crippen molar-refractivity contribution >= 4 is 0 Å². The van der Waals surface area contributed by atoms with Crippen molar-refractivity contribution in [3.05, 3.63) is 47.5 Å². The predicted molar refractivity (Wildman–Crippen MR) is 55.7 cm³/mol. The molecule has 0 bridgehead atoms. The third-order valence-corrected chi connectivity index (χ3v) is 2.59. The largest absolute Gasteiger partial charge is 0.299 e. The molecule has 0 amide bonds. The Bertz CT molecular complexity index is 326. The quantitative estimate of drug-likeness (QED) is 0.589. The molecule has 0 unspecified atom stereocenters. The van der Waals surface area contributed by atoms with Crippen molar-refractivity contribution in [1.82, 2.24) is 4.90 Å². The number of hydrogen-bond acceptors (Lipinski definition) is 1. The molecule has 1 aromatic rings. The van der Waals surface area contributed by atoms with Gasteiger partial charge >= 0.3 is 0 Å². The highest BCUT2D eigenvalue weighted by Crippen LogP contribution is 2.27. The summed E-state index contributed by atoms with van der Waals surface area (Å²) in [6.45, 7) is 0. The lowest BCUT2D eigenvalue weighted by Gasteiger charge is -2.26. The van der Waals surface area contributed by atoms with Crippen molar-refractivity contribution in [2.75, 3.05) is 14.1 Å². The van der Waals surface area contributed by atoms with Gasteiger partial charge in [0.25, 0.3) is 0 Å². The van der Waals surface area contributed by atoms with Crippen LogP contribution in [0.1, 0.15) is 17.2 Å². The number of allylic oxidation sites excluding steroid dienone is 1. The average molecular weight is 173 g/mol. The second-order valence-electron chi connectivity index (χ2n) is 3.74. The summed E-state index contributed by atoms with van der Waals surface area (Å²) in [4.78, 5) is 2.24. The van der Waals surface area contributed by atoms with E-state index in [9.17, 15) is 0 Å². The van der Waals surface area contributed by atoms with Gasteiger partial charge in [0.1, 0.15) is 0 Å². The van der Waals surface area contributed by atoms with Gasteiger partial charge < -0.3 is 0 Å². The molecule has 68 valence electrons. The number of rotatable bonds is 1. The number of fused-ring (bicyclic) bond motifs is 1. The first-order chi connectivity index (χ1) is 6.29. The fourth-order valence-corrected chi connectivity index (χ4v) is 1.89. The van der Waals surface area contributed by atoms with Crippen LogP contribution >= 0.6 is 0 Å². The van der Waals surface area contributed by atoms with Gasteiger partial charge in [-0.1, -0.05) is 36.4 Å². The van der Waals surface area contributed by atoms with Crippen molar-refractivity contribution in [2.45, 2.75) is 12.5 Å². The van der Waals surface area contributed by atoms with Gasteiger partial charge in [-0.3, -0.25) is 4.90 Å². The number of hydrogen-bond donors (Lipinski definition) is 0. The van der Waals surface area contributed by atoms with Crippen LogP contribution in [0, 0.1) is 0 Å². The molecule has 0 aliphatic heterocycles. The monoisotopic (exact) mass is 173 g/mol. The molecule has 2 rings (SSSR count). The van der Waals surface area contributed by atoms with Crippen molar-refractivity contribution in [2.24, 2.45) is 0 Å². The van der Waals surface area contributed by atoms with Gasteiger partial charge in [-0.15, -0.1) is 0 Å². The molecule has 0 fully saturated rings. The van der Waals surface area contributed by atoms with Crippen LogP contribution in [0.25, 0.3) is 0 Å². The second kappa shape index (κ2) is 3.35. The summed E-state index contributed by atoms with van der Waals surface area (Å²) in [5.74, 6) is 0. The Balaban J connectivity index is 2.42. The van der Waals surface area contributed by atoms with Crippen LogP contribution < -0.4 is 0 Å². The van der Waals surface area contributed by atoms with Gasteiger partial charge in [-0.25, -0.2) is 0 Å². The maximum Gasteiger partial charge on any atom is 0.0529 e. The fourth-order valence-electron chi connectivity index (χ4n) is 1.89. The van der Waals surface area contributed by atoms with Crippen molar-refractivity contribution < 1.29 is 0 Å². The SMILES string of the molecule is CN(C)[C@H]1C=CCc2ccccc21. The van der Waals surface area contributed by atoms with E-state index in [1.807, 2.05) is 0 Å². The number of likely N-dealkylation sites (N-methyl/N-ethyl adjacent to an activating group) is 1. The summed E-state index contributed by atoms with van der Waals surface area (Å²) < 4.78 is 0. The highest BCUT2D eigenvalue weighted by atomic mass is 15.1. The summed E-state index contributed by atoms with van der Waals surface area (Å²) in [5.41, 5.74) is 2.92. The van der Waals surface area contributed by atoms with Crippen LogP contribution in [0.4, 0.5) is 0 Å². The van der Waals surface area contributed by atoms with Crippen LogP contribution in [0.5, 0.6) is 0 Å². The summed E-state index contributed by atoms with van der Waals surface area (Å²) in [6, 6.07) is 9.14. The lowest BCUT2D eigenvalue weighted by molar-refractivity contribution is 0.347. The van der Waals surface area contributed by atoms with E-state index in [-0.39, 0.29) is 0 Å². The topological polar surface area (TPSA) is 3.24 Å². The molecular formula is C12H15N. The first-order valence-electron chi connectivity index (χ1n) is 4.70. The lowest BCUT2D eigenvalue weighted by atomic mass is 9.92. The minimum Gasteiger partial charge on any atom is -0.299 e. The molecule has 1 aromatic carbocycles. The van der Waals surface area contributed by atoms with Crippen LogP contribution in [-0.2, 0) is 6.42 Å². The van der Waals surface area contributed by atoms with Crippen LogP contribution in [0.2, 0.25) is 0 Å². The maximum absolute atomic E-state index is 2.28. The summed E-state index contributed by atoms with van der Waals surface area (Å²) in [6.07, 6.45) is 5.62. The third-order valence-electron chi connectivity index (χ3n) is 2.59. The Morgan fingerprint density at radius 1 is 1.23 bits per heavy atom. The fraction of sp³-hybridized carbons (Fsp3) is 0.333. The minimum absolute atomic E-state index is 0.463. The molecule has 0 radical (unpaired) electrons. The van der Waals surface area contributed by atoms with Crippen LogP contribution in [0.3, 0.4) is 0 Å². The van der Waals surface area contributed by atoms with Gasteiger partial charge in [0, 0.05) is 0 Å². The lowest BCUT2D eigenvalue weighted by Crippen LogP contribution is -2.21. The molecule has 0 saturated heterocycles. The van der Waals surface area contributed by atoms with E-state index in [1.165, 1.54) is 11.1 Å². The Hall–Kier alpha value is -1.08. The van der Waals surface area contributed by atoms with E-state index < -0.39 is 0 Å². The smallest absolute Gasteiger partial charge is 0.0529 e. The zero-order valence-electron chi connectivity index (χ0n) is 8.20. The van der Waals surface area contributed by atoms with E-state index in [1.54, 1.807) is 0 Å². The van der Waals surface area contributed by atoms with Crippen molar-refractivity contribution in [1.29, 1.82) is 0 Å². The van der Waals surface area contributed by atoms with Crippen molar-refractivity contribution in [3.63, 3.8) is 0 Å². The first-order valence-corrected chi connectivity index (χ1v) is 4.70. The van der Waals surface area contributed by atoms with Crippen LogP contribution in [-0.4, -0.2) is 19.0 Å². The molecule has 13 heavy (non-hydrogen) atoms. The molecule has 1 heteroatoms. The minimum atomic E-state index is 0.463. The second-order valence-corrected chi connectivity index (χ2v) is 3.74. The molecular weight excluding hydrogens is 158 g/mol. The molecule has 0 heterocycles. The zero-order valence-corrected chi connectivity index (χ0v) is 8.20. The highest BCUT2D eigenvalue weighted by Gasteiger charge is 2.16. The van der Waals surface area contributed by atoms with Crippen LogP contribution in [0.15, 0.2) is 36.4 Å². The molecule has 1 aliphatic carbocycles. The molecule has 0 spiro atoms. The van der Waals surface area contributed by atoms with Gasteiger partial charge in [0.05, 0.1) is 6.04 Å². The number of benzene rings is 1. The Kier molecular flexibility index (Phi) is 2.19. The molecule has 0 saturated carbocycles. The summed E-state index contributed by atoms with van der Waals surface area (Å²) in [5, 5.41) is 0. The normalized spacial score (nSPS) is 20.4. The Labute approximate surface area is 79.7 Å². The van der Waals surface area contributed by atoms with Gasteiger partial charge in [0.15, 0.2) is 0 Å². The first kappa shape index (κ1) is 8.52. The average Bonchev–Trinajstić information content (AvgIpc) is 2.17. The molecule has 1 aliphatic rings. The third kappa shape index (κ3) is 1.52. The van der Waals surface area contributed by atoms with Gasteiger partial charge in [-0.2, -0.15) is 0 Å². The standard InChI is InChI=1S/C12H15N/c1-13(2)12-9-5-7-10-6-3-4-8-11(10)12/h3-6,8-9,12H,7H2,1-2H3/t12-/m0/s1. The molecule has 1 nitrogen and oxygen atoms in total. The summed E-state index contributed by atoms with van der Waals surface area (Å²) >= 11 is 0. The van der Waals surface area contributed by atoms with E-state index in [0.717, 1.165) is 6.42 Å². The van der Waals surface area contributed by atoms with E-state index in [0.29, 0.717) is 6.04 Å². The molecule has 1 atom stereocenters. The van der Waals surface area contributed by atoms with E-state index in [4.69, 9.17) is 0 Å². The number of nitrogens with zero attached hydrogens (tertiary/aromatic N) is 1. The van der Waals surface area contributed by atoms with Gasteiger partial charge in [0.2, 0.25) is 0 Å². The van der Waals surface area contributed by atoms with Gasteiger partial charge in [-0.05, 0) is 31.6 Å². The maximum atomic E-state index is 2.28. The Morgan fingerprint density at radius 3 is 2.77 bits per heavy atom. The zero-order chi connectivity index (χ0) is 9.26. The van der Waals surface area contributed by atoms with E-state index >= 15 is 0 Å². The Morgan fingerprint density at radius 2 is 2.00 bits per heavy atom.